The average molecular weight is 603 g/mol. The number of nitrogens with zero attached hydrogens (tertiary/aromatic N) is 2. The Balaban J connectivity index is 1.51. The molecule has 4 unspecified atom stereocenters. The molecule has 4 aromatic rings. The van der Waals surface area contributed by atoms with Crippen LogP contribution in [0.1, 0.15) is 22.5 Å². The Morgan fingerprint density at radius 1 is 0.682 bits per heavy atom. The van der Waals surface area contributed by atoms with Crippen molar-refractivity contribution in [2.75, 3.05) is 0 Å². The third-order valence-electron chi connectivity index (χ3n) is 6.85. The van der Waals surface area contributed by atoms with Gasteiger partial charge in [-0.1, -0.05) is 42.5 Å². The van der Waals surface area contributed by atoms with Crippen molar-refractivity contribution < 1.29 is 29.4 Å². The van der Waals surface area contributed by atoms with Gasteiger partial charge < -0.3 is 41.9 Å². The molecule has 14 heteroatoms. The first kappa shape index (κ1) is 31.4. The summed E-state index contributed by atoms with van der Waals surface area (Å²) in [6.07, 6.45) is 5.96. The zero-order chi connectivity index (χ0) is 31.5. The number of carboxylic acids is 1. The zero-order valence-corrected chi connectivity index (χ0v) is 23.6. The molecule has 14 nitrogen and oxygen atoms in total. The van der Waals surface area contributed by atoms with Gasteiger partial charge in [-0.3, -0.25) is 14.4 Å². The summed E-state index contributed by atoms with van der Waals surface area (Å²) < 4.78 is 0. The summed E-state index contributed by atoms with van der Waals surface area (Å²) in [5.41, 5.74) is 8.63. The Labute approximate surface area is 252 Å². The molecule has 0 aliphatic carbocycles. The molecule has 3 amide bonds. The van der Waals surface area contributed by atoms with Crippen LogP contribution in [0.2, 0.25) is 0 Å². The fourth-order valence-electron chi connectivity index (χ4n) is 4.50. The molecular weight excluding hydrogens is 568 g/mol. The molecule has 0 radical (unpaired) electrons. The van der Waals surface area contributed by atoms with Crippen molar-refractivity contribution in [1.29, 1.82) is 0 Å². The number of aromatic nitrogens is 4. The number of phenolic OH excluding ortho intramolecular Hbond substituents is 1. The second-order valence-electron chi connectivity index (χ2n) is 10.3. The Bertz CT molecular complexity index is 1510. The number of aromatic amines is 2. The SMILES string of the molecule is NC(Cc1ccc(O)cc1)C(=O)NC(Cc1cnc[nH]1)C(=O)NC(Cc1ccccc1)C(=O)NC(Cc1cnc[nH]1)C(=O)O. The van der Waals surface area contributed by atoms with E-state index in [0.29, 0.717) is 17.0 Å². The van der Waals surface area contributed by atoms with Crippen LogP contribution < -0.4 is 21.7 Å². The van der Waals surface area contributed by atoms with E-state index in [4.69, 9.17) is 5.73 Å². The molecule has 0 bridgehead atoms. The Kier molecular flexibility index (Phi) is 10.8. The third kappa shape index (κ3) is 9.25. The molecule has 0 fully saturated rings. The molecule has 2 aromatic carbocycles. The molecule has 0 saturated heterocycles. The van der Waals surface area contributed by atoms with E-state index < -0.39 is 47.9 Å². The maximum absolute atomic E-state index is 13.7. The van der Waals surface area contributed by atoms with E-state index in [1.807, 2.05) is 0 Å². The van der Waals surface area contributed by atoms with E-state index in [1.54, 1.807) is 42.5 Å². The van der Waals surface area contributed by atoms with Crippen LogP contribution in [0.5, 0.6) is 5.75 Å². The monoisotopic (exact) mass is 602 g/mol. The molecule has 0 aliphatic heterocycles. The van der Waals surface area contributed by atoms with Crippen molar-refractivity contribution in [2.45, 2.75) is 49.9 Å². The van der Waals surface area contributed by atoms with Crippen LogP contribution in [0.25, 0.3) is 0 Å². The van der Waals surface area contributed by atoms with E-state index in [0.717, 1.165) is 5.56 Å². The summed E-state index contributed by atoms with van der Waals surface area (Å²) >= 11 is 0. The van der Waals surface area contributed by atoms with Crippen molar-refractivity contribution in [1.82, 2.24) is 35.9 Å². The van der Waals surface area contributed by atoms with E-state index in [-0.39, 0.29) is 31.4 Å². The minimum absolute atomic E-state index is 0.0146. The number of nitrogens with one attached hydrogen (secondary N) is 5. The number of hydrogen-bond donors (Lipinski definition) is 8. The maximum atomic E-state index is 13.7. The van der Waals surface area contributed by atoms with Crippen molar-refractivity contribution >= 4 is 23.7 Å². The number of carboxylic acid groups (broad SMARTS) is 1. The highest BCUT2D eigenvalue weighted by atomic mass is 16.4. The number of aromatic hydroxyl groups is 1. The maximum Gasteiger partial charge on any atom is 0.326 e. The quantitative estimate of drug-likeness (QED) is 0.0912. The number of carbonyl (C=O) groups is 4. The standard InChI is InChI=1S/C30H34N8O6/c31-23(10-19-6-8-22(39)9-7-19)27(40)36-25(12-20-14-32-16-34-20)29(42)37-24(11-18-4-2-1-3-5-18)28(41)38-26(30(43)44)13-21-15-33-17-35-21/h1-9,14-17,23-26,39H,10-13,31H2,(H,32,34)(H,33,35)(H,36,40)(H,37,42)(H,38,41)(H,43,44). The van der Waals surface area contributed by atoms with E-state index in [2.05, 4.69) is 35.9 Å². The Hall–Kier alpha value is -5.50. The first-order chi connectivity index (χ1) is 21.2. The summed E-state index contributed by atoms with van der Waals surface area (Å²) in [7, 11) is 0. The number of nitrogens with two attached hydrogens (primary N) is 1. The second kappa shape index (κ2) is 15.1. The van der Waals surface area contributed by atoms with Gasteiger partial charge in [0.05, 0.1) is 18.7 Å². The summed E-state index contributed by atoms with van der Waals surface area (Å²) in [5, 5.41) is 27.2. The average Bonchev–Trinajstić information content (AvgIpc) is 3.72. The van der Waals surface area contributed by atoms with Gasteiger partial charge in [0.15, 0.2) is 0 Å². The van der Waals surface area contributed by atoms with Gasteiger partial charge >= 0.3 is 5.97 Å². The molecule has 0 saturated carbocycles. The molecule has 2 aromatic heterocycles. The van der Waals surface area contributed by atoms with E-state index >= 15 is 0 Å². The lowest BCUT2D eigenvalue weighted by Gasteiger charge is -2.25. The molecule has 2 heterocycles. The highest BCUT2D eigenvalue weighted by Gasteiger charge is 2.31. The van der Waals surface area contributed by atoms with Gasteiger partial charge in [0.25, 0.3) is 0 Å². The topological polar surface area (TPSA) is 228 Å². The number of phenols is 1. The lowest BCUT2D eigenvalue weighted by atomic mass is 10.0. The number of benzene rings is 2. The predicted molar refractivity (Wildman–Crippen MR) is 158 cm³/mol. The first-order valence-electron chi connectivity index (χ1n) is 13.8. The minimum Gasteiger partial charge on any atom is -0.508 e. The molecule has 4 rings (SSSR count). The van der Waals surface area contributed by atoms with Crippen molar-refractivity contribution in [3.05, 3.63) is 102 Å². The molecule has 230 valence electrons. The third-order valence-corrected chi connectivity index (χ3v) is 6.85. The number of rotatable bonds is 15. The normalized spacial score (nSPS) is 13.7. The van der Waals surface area contributed by atoms with Crippen molar-refractivity contribution in [3.63, 3.8) is 0 Å². The predicted octanol–water partition coefficient (Wildman–Crippen LogP) is -0.0247. The second-order valence-corrected chi connectivity index (χ2v) is 10.3. The van der Waals surface area contributed by atoms with Crippen LogP contribution in [0.15, 0.2) is 79.6 Å². The summed E-state index contributed by atoms with van der Waals surface area (Å²) in [5.74, 6) is -3.18. The van der Waals surface area contributed by atoms with Gasteiger partial charge in [-0.25, -0.2) is 14.8 Å². The van der Waals surface area contributed by atoms with Gasteiger partial charge in [-0.15, -0.1) is 0 Å². The van der Waals surface area contributed by atoms with E-state index in [9.17, 15) is 29.4 Å². The Morgan fingerprint density at radius 3 is 1.73 bits per heavy atom. The zero-order valence-electron chi connectivity index (χ0n) is 23.6. The molecule has 0 spiro atoms. The number of amides is 3. The molecule has 44 heavy (non-hydrogen) atoms. The van der Waals surface area contributed by atoms with Crippen LogP contribution in [-0.4, -0.2) is 78.0 Å². The van der Waals surface area contributed by atoms with Crippen LogP contribution >= 0.6 is 0 Å². The molecule has 9 N–H and O–H groups in total. The number of aliphatic carboxylic acids is 1. The lowest BCUT2D eigenvalue weighted by Crippen LogP contribution is -2.58. The summed E-state index contributed by atoms with van der Waals surface area (Å²) in [4.78, 5) is 65.7. The van der Waals surface area contributed by atoms with E-state index in [1.165, 1.54) is 37.2 Å². The highest BCUT2D eigenvalue weighted by Crippen LogP contribution is 2.12. The van der Waals surface area contributed by atoms with Gasteiger partial charge in [0.1, 0.15) is 23.9 Å². The summed E-state index contributed by atoms with van der Waals surface area (Å²) in [6, 6.07) is 10.5. The number of imidazole rings is 2. The van der Waals surface area contributed by atoms with Gasteiger partial charge in [0, 0.05) is 43.0 Å². The van der Waals surface area contributed by atoms with Crippen LogP contribution in [0.4, 0.5) is 0 Å². The fraction of sp³-hybridized carbons (Fsp3) is 0.267. The summed E-state index contributed by atoms with van der Waals surface area (Å²) in [6.45, 7) is 0. The number of hydrogen-bond acceptors (Lipinski definition) is 8. The molecule has 0 aliphatic rings. The van der Waals surface area contributed by atoms with Gasteiger partial charge in [-0.05, 0) is 29.7 Å². The molecular formula is C30H34N8O6. The number of H-pyrrole nitrogens is 2. The van der Waals surface area contributed by atoms with Crippen LogP contribution in [0, 0.1) is 0 Å². The fourth-order valence-corrected chi connectivity index (χ4v) is 4.50. The largest absolute Gasteiger partial charge is 0.508 e. The first-order valence-corrected chi connectivity index (χ1v) is 13.8. The smallest absolute Gasteiger partial charge is 0.326 e. The number of carbonyl (C=O) groups excluding carboxylic acids is 3. The minimum atomic E-state index is -1.29. The lowest BCUT2D eigenvalue weighted by molar-refractivity contribution is -0.142. The van der Waals surface area contributed by atoms with Crippen LogP contribution in [0.3, 0.4) is 0 Å². The van der Waals surface area contributed by atoms with Gasteiger partial charge in [-0.2, -0.15) is 0 Å². The Morgan fingerprint density at radius 2 is 1.18 bits per heavy atom. The van der Waals surface area contributed by atoms with Crippen molar-refractivity contribution in [3.8, 4) is 5.75 Å². The van der Waals surface area contributed by atoms with Gasteiger partial charge in [0.2, 0.25) is 17.7 Å². The van der Waals surface area contributed by atoms with Crippen molar-refractivity contribution in [2.24, 2.45) is 5.73 Å². The van der Waals surface area contributed by atoms with Crippen LogP contribution in [-0.2, 0) is 44.9 Å². The highest BCUT2D eigenvalue weighted by molar-refractivity contribution is 5.94. The molecule has 4 atom stereocenters.